The van der Waals surface area contributed by atoms with Gasteiger partial charge in [0.05, 0.1) is 32.0 Å². The van der Waals surface area contributed by atoms with Gasteiger partial charge in [-0.25, -0.2) is 0 Å². The molecule has 0 saturated heterocycles. The van der Waals surface area contributed by atoms with Gasteiger partial charge in [-0.05, 0) is 19.8 Å². The number of nitrogens with one attached hydrogen (secondary N) is 1. The Balaban J connectivity index is 2.00. The number of rotatable bonds is 9. The van der Waals surface area contributed by atoms with Crippen molar-refractivity contribution in [1.29, 1.82) is 0 Å². The van der Waals surface area contributed by atoms with Crippen LogP contribution in [0.25, 0.3) is 0 Å². The van der Waals surface area contributed by atoms with Gasteiger partial charge in [-0.15, -0.1) is 0 Å². The zero-order chi connectivity index (χ0) is 13.2. The number of aliphatic hydroxyl groups is 2. The fraction of sp³-hybridized carbons (Fsp3) is 1.00. The van der Waals surface area contributed by atoms with Gasteiger partial charge in [0.2, 0.25) is 0 Å². The van der Waals surface area contributed by atoms with Crippen LogP contribution in [0.15, 0.2) is 0 Å². The molecule has 0 aliphatic heterocycles. The third-order valence-electron chi connectivity index (χ3n) is 3.23. The second-order valence-corrected chi connectivity index (χ2v) is 4.79. The van der Waals surface area contributed by atoms with E-state index in [1.807, 2.05) is 6.92 Å². The molecule has 1 saturated carbocycles. The van der Waals surface area contributed by atoms with Gasteiger partial charge in [0.15, 0.2) is 0 Å². The molecule has 5 heteroatoms. The first-order valence-electron chi connectivity index (χ1n) is 6.99. The second-order valence-electron chi connectivity index (χ2n) is 4.79. The molecule has 0 amide bonds. The molecule has 1 aliphatic rings. The van der Waals surface area contributed by atoms with E-state index in [-0.39, 0.29) is 12.1 Å². The highest BCUT2D eigenvalue weighted by atomic mass is 16.5. The van der Waals surface area contributed by atoms with Gasteiger partial charge in [0.1, 0.15) is 0 Å². The van der Waals surface area contributed by atoms with E-state index in [0.29, 0.717) is 33.0 Å². The van der Waals surface area contributed by atoms with Crippen LogP contribution in [0.5, 0.6) is 0 Å². The number of hydrogen-bond donors (Lipinski definition) is 3. The van der Waals surface area contributed by atoms with E-state index in [4.69, 9.17) is 9.47 Å². The van der Waals surface area contributed by atoms with Crippen molar-refractivity contribution in [1.82, 2.24) is 5.32 Å². The third kappa shape index (κ3) is 6.66. The molecule has 0 aromatic carbocycles. The molecule has 18 heavy (non-hydrogen) atoms. The summed E-state index contributed by atoms with van der Waals surface area (Å²) in [5, 5.41) is 22.7. The van der Waals surface area contributed by atoms with E-state index in [9.17, 15) is 10.2 Å². The summed E-state index contributed by atoms with van der Waals surface area (Å²) in [4.78, 5) is 0. The molecule has 1 rings (SSSR count). The Morgan fingerprint density at radius 3 is 2.67 bits per heavy atom. The van der Waals surface area contributed by atoms with E-state index in [0.717, 1.165) is 25.7 Å². The van der Waals surface area contributed by atoms with E-state index < -0.39 is 6.10 Å². The molecule has 0 spiro atoms. The maximum Gasteiger partial charge on any atom is 0.0897 e. The summed E-state index contributed by atoms with van der Waals surface area (Å²) < 4.78 is 10.4. The molecular formula is C13H27NO4. The third-order valence-corrected chi connectivity index (χ3v) is 3.23. The number of hydrogen-bond acceptors (Lipinski definition) is 5. The molecular weight excluding hydrogens is 234 g/mol. The fourth-order valence-corrected chi connectivity index (χ4v) is 2.18. The van der Waals surface area contributed by atoms with Gasteiger partial charge >= 0.3 is 0 Å². The molecule has 3 atom stereocenters. The highest BCUT2D eigenvalue weighted by molar-refractivity contribution is 4.81. The number of ether oxygens (including phenoxy) is 2. The van der Waals surface area contributed by atoms with Crippen LogP contribution in [-0.2, 0) is 9.47 Å². The molecule has 0 radical (unpaired) electrons. The highest BCUT2D eigenvalue weighted by Gasteiger charge is 2.22. The first-order chi connectivity index (χ1) is 8.74. The van der Waals surface area contributed by atoms with Crippen molar-refractivity contribution in [3.05, 3.63) is 0 Å². The van der Waals surface area contributed by atoms with Crippen LogP contribution in [-0.4, -0.2) is 61.4 Å². The molecule has 0 bridgehead atoms. The predicted octanol–water partition coefficient (Wildman–Crippen LogP) is 0.294. The predicted molar refractivity (Wildman–Crippen MR) is 69.6 cm³/mol. The summed E-state index contributed by atoms with van der Waals surface area (Å²) in [5.41, 5.74) is 0. The van der Waals surface area contributed by atoms with E-state index in [2.05, 4.69) is 5.32 Å². The summed E-state index contributed by atoms with van der Waals surface area (Å²) in [5.74, 6) is 0. The molecule has 3 unspecified atom stereocenters. The van der Waals surface area contributed by atoms with Gasteiger partial charge in [0.25, 0.3) is 0 Å². The van der Waals surface area contributed by atoms with Crippen molar-refractivity contribution in [2.75, 3.05) is 33.0 Å². The van der Waals surface area contributed by atoms with Crippen LogP contribution in [0.1, 0.15) is 32.6 Å². The van der Waals surface area contributed by atoms with E-state index in [1.165, 1.54) is 0 Å². The quantitative estimate of drug-likeness (QED) is 0.521. The molecule has 108 valence electrons. The molecule has 1 aliphatic carbocycles. The highest BCUT2D eigenvalue weighted by Crippen LogP contribution is 2.18. The van der Waals surface area contributed by atoms with E-state index in [1.54, 1.807) is 0 Å². The topological polar surface area (TPSA) is 71.0 Å². The zero-order valence-electron chi connectivity index (χ0n) is 11.3. The minimum absolute atomic E-state index is 0.122. The molecule has 0 heterocycles. The molecule has 3 N–H and O–H groups in total. The standard InChI is InChI=1S/C13H27NO4/c1-2-17-7-8-18-10-11(15)9-14-12-5-3-4-6-13(12)16/h11-16H,2-10H2,1H3. The average Bonchev–Trinajstić information content (AvgIpc) is 2.37. The van der Waals surface area contributed by atoms with Crippen molar-refractivity contribution in [2.45, 2.75) is 50.9 Å². The molecule has 0 aromatic rings. The van der Waals surface area contributed by atoms with Gasteiger partial charge in [-0.2, -0.15) is 0 Å². The second kappa shape index (κ2) is 9.69. The summed E-state index contributed by atoms with van der Waals surface area (Å²) in [6.45, 7) is 4.48. The monoisotopic (exact) mass is 261 g/mol. The van der Waals surface area contributed by atoms with Crippen LogP contribution in [0.4, 0.5) is 0 Å². The maximum atomic E-state index is 9.76. The van der Waals surface area contributed by atoms with Crippen molar-refractivity contribution >= 4 is 0 Å². The normalized spacial score (nSPS) is 26.2. The SMILES string of the molecule is CCOCCOCC(O)CNC1CCCCC1O. The number of aliphatic hydroxyl groups excluding tert-OH is 2. The van der Waals surface area contributed by atoms with Crippen LogP contribution in [0.2, 0.25) is 0 Å². The lowest BCUT2D eigenvalue weighted by molar-refractivity contribution is 0.00237. The lowest BCUT2D eigenvalue weighted by atomic mass is 9.92. The summed E-state index contributed by atoms with van der Waals surface area (Å²) in [6.07, 6.45) is 3.29. The first kappa shape index (κ1) is 15.9. The zero-order valence-corrected chi connectivity index (χ0v) is 11.3. The Morgan fingerprint density at radius 1 is 1.22 bits per heavy atom. The van der Waals surface area contributed by atoms with E-state index >= 15 is 0 Å². The van der Waals surface area contributed by atoms with Gasteiger partial charge < -0.3 is 25.0 Å². The fourth-order valence-electron chi connectivity index (χ4n) is 2.18. The maximum absolute atomic E-state index is 9.76. The minimum Gasteiger partial charge on any atom is -0.392 e. The molecule has 0 aromatic heterocycles. The Kier molecular flexibility index (Phi) is 8.54. The van der Waals surface area contributed by atoms with Gasteiger partial charge in [0, 0.05) is 19.2 Å². The van der Waals surface area contributed by atoms with Crippen LogP contribution in [0, 0.1) is 0 Å². The molecule has 5 nitrogen and oxygen atoms in total. The van der Waals surface area contributed by atoms with Gasteiger partial charge in [-0.3, -0.25) is 0 Å². The lowest BCUT2D eigenvalue weighted by Gasteiger charge is -2.29. The van der Waals surface area contributed by atoms with Crippen LogP contribution < -0.4 is 5.32 Å². The Morgan fingerprint density at radius 2 is 1.94 bits per heavy atom. The Labute approximate surface area is 109 Å². The summed E-state index contributed by atoms with van der Waals surface area (Å²) in [7, 11) is 0. The van der Waals surface area contributed by atoms with Crippen molar-refractivity contribution < 1.29 is 19.7 Å². The van der Waals surface area contributed by atoms with Crippen molar-refractivity contribution in [2.24, 2.45) is 0 Å². The smallest absolute Gasteiger partial charge is 0.0897 e. The van der Waals surface area contributed by atoms with Crippen molar-refractivity contribution in [3.63, 3.8) is 0 Å². The lowest BCUT2D eigenvalue weighted by Crippen LogP contribution is -2.45. The Bertz CT molecular complexity index is 203. The summed E-state index contributed by atoms with van der Waals surface area (Å²) in [6, 6.07) is 0.122. The van der Waals surface area contributed by atoms with Crippen LogP contribution >= 0.6 is 0 Å². The largest absolute Gasteiger partial charge is 0.392 e. The average molecular weight is 261 g/mol. The van der Waals surface area contributed by atoms with Gasteiger partial charge in [-0.1, -0.05) is 12.8 Å². The summed E-state index contributed by atoms with van der Waals surface area (Å²) >= 11 is 0. The minimum atomic E-state index is -0.527. The molecule has 1 fully saturated rings. The van der Waals surface area contributed by atoms with Crippen molar-refractivity contribution in [3.8, 4) is 0 Å². The van der Waals surface area contributed by atoms with Crippen LogP contribution in [0.3, 0.4) is 0 Å². The Hall–Kier alpha value is -0.200. The first-order valence-corrected chi connectivity index (χ1v) is 6.99.